The van der Waals surface area contributed by atoms with Gasteiger partial charge in [-0.05, 0) is 18.8 Å². The van der Waals surface area contributed by atoms with Crippen molar-refractivity contribution in [3.05, 3.63) is 0 Å². The Kier molecular flexibility index (Phi) is 4.66. The monoisotopic (exact) mass is 299 g/mol. The molecule has 21 heavy (non-hydrogen) atoms. The summed E-state index contributed by atoms with van der Waals surface area (Å²) in [5.74, 6) is -1.25. The van der Waals surface area contributed by atoms with E-state index in [1.807, 2.05) is 0 Å². The zero-order valence-electron chi connectivity index (χ0n) is 11.8. The van der Waals surface area contributed by atoms with Crippen LogP contribution in [0.25, 0.3) is 0 Å². The summed E-state index contributed by atoms with van der Waals surface area (Å²) in [4.78, 5) is 37.2. The van der Waals surface area contributed by atoms with E-state index in [9.17, 15) is 19.5 Å². The number of rotatable bonds is 3. The first-order valence-corrected chi connectivity index (χ1v) is 7.13. The highest BCUT2D eigenvalue weighted by molar-refractivity contribution is 5.83. The Morgan fingerprint density at radius 3 is 2.33 bits per heavy atom. The van der Waals surface area contributed by atoms with Gasteiger partial charge in [0.05, 0.1) is 6.10 Å². The molecule has 2 heterocycles. The molecule has 4 N–H and O–H groups in total. The fraction of sp³-hybridized carbons (Fsp3) is 0.769. The van der Waals surface area contributed by atoms with Gasteiger partial charge in [0.1, 0.15) is 6.04 Å². The third-order valence-corrected chi connectivity index (χ3v) is 4.18. The van der Waals surface area contributed by atoms with Crippen LogP contribution < -0.4 is 5.73 Å². The molecule has 0 aromatic rings. The molecule has 0 bridgehead atoms. The number of likely N-dealkylation sites (tertiary alicyclic amines) is 2. The van der Waals surface area contributed by atoms with Crippen molar-refractivity contribution < 1.29 is 24.6 Å². The van der Waals surface area contributed by atoms with E-state index in [0.717, 1.165) is 0 Å². The maximum Gasteiger partial charge on any atom is 0.326 e. The molecular weight excluding hydrogens is 278 g/mol. The Morgan fingerprint density at radius 2 is 1.81 bits per heavy atom. The van der Waals surface area contributed by atoms with Crippen molar-refractivity contribution in [2.45, 2.75) is 37.8 Å². The van der Waals surface area contributed by atoms with Crippen molar-refractivity contribution in [1.82, 2.24) is 9.80 Å². The molecule has 118 valence electrons. The summed E-state index contributed by atoms with van der Waals surface area (Å²) >= 11 is 0. The molecule has 2 fully saturated rings. The van der Waals surface area contributed by atoms with Crippen LogP contribution >= 0.6 is 0 Å². The number of aliphatic hydroxyl groups is 1. The number of urea groups is 1. The van der Waals surface area contributed by atoms with E-state index >= 15 is 0 Å². The van der Waals surface area contributed by atoms with Crippen LogP contribution in [-0.4, -0.2) is 69.7 Å². The van der Waals surface area contributed by atoms with Crippen LogP contribution in [0.4, 0.5) is 4.79 Å². The number of carbonyl (C=O) groups excluding carboxylic acids is 2. The molecule has 2 atom stereocenters. The average Bonchev–Trinajstić information content (AvgIpc) is 2.80. The van der Waals surface area contributed by atoms with E-state index in [4.69, 9.17) is 10.8 Å². The number of piperidine rings is 1. The lowest BCUT2D eigenvalue weighted by molar-refractivity contribution is -0.141. The van der Waals surface area contributed by atoms with Gasteiger partial charge < -0.3 is 25.7 Å². The molecule has 8 heteroatoms. The van der Waals surface area contributed by atoms with Crippen molar-refractivity contribution in [3.8, 4) is 0 Å². The second kappa shape index (κ2) is 6.30. The van der Waals surface area contributed by atoms with Crippen LogP contribution in [0.1, 0.15) is 25.7 Å². The molecule has 3 amide bonds. The Bertz CT molecular complexity index is 434. The molecule has 2 rings (SSSR count). The van der Waals surface area contributed by atoms with Gasteiger partial charge in [-0.15, -0.1) is 0 Å². The standard InChI is InChI=1S/C13H21N3O5/c14-11(18)5-8-1-3-15(4-2-8)13(21)16-7-9(17)6-10(16)12(19)20/h8-10,17H,1-7H2,(H2,14,18)(H,19,20)/t9-,10-/m0/s1. The van der Waals surface area contributed by atoms with E-state index < -0.39 is 18.1 Å². The summed E-state index contributed by atoms with van der Waals surface area (Å²) in [5, 5.41) is 18.7. The number of nitrogens with two attached hydrogens (primary N) is 1. The summed E-state index contributed by atoms with van der Waals surface area (Å²) in [6.45, 7) is 1.02. The van der Waals surface area contributed by atoms with Crippen LogP contribution in [0.3, 0.4) is 0 Å². The van der Waals surface area contributed by atoms with Gasteiger partial charge in [-0.1, -0.05) is 0 Å². The fourth-order valence-corrected chi connectivity index (χ4v) is 3.05. The number of primary amides is 1. The topological polar surface area (TPSA) is 124 Å². The molecule has 0 spiro atoms. The molecule has 8 nitrogen and oxygen atoms in total. The minimum absolute atomic E-state index is 0.0526. The van der Waals surface area contributed by atoms with Gasteiger partial charge in [0.15, 0.2) is 0 Å². The average molecular weight is 299 g/mol. The van der Waals surface area contributed by atoms with Crippen molar-refractivity contribution >= 4 is 17.9 Å². The number of nitrogens with zero attached hydrogens (tertiary/aromatic N) is 2. The summed E-state index contributed by atoms with van der Waals surface area (Å²) in [6.07, 6.45) is 0.968. The third-order valence-electron chi connectivity index (χ3n) is 4.18. The lowest BCUT2D eigenvalue weighted by atomic mass is 9.93. The smallest absolute Gasteiger partial charge is 0.326 e. The predicted octanol–water partition coefficient (Wildman–Crippen LogP) is -0.786. The molecule has 0 saturated carbocycles. The van der Waals surface area contributed by atoms with Gasteiger partial charge in [-0.2, -0.15) is 0 Å². The Balaban J connectivity index is 1.92. The van der Waals surface area contributed by atoms with E-state index in [1.54, 1.807) is 4.90 Å². The van der Waals surface area contributed by atoms with Gasteiger partial charge in [0.25, 0.3) is 0 Å². The van der Waals surface area contributed by atoms with Gasteiger partial charge in [0.2, 0.25) is 5.91 Å². The Hall–Kier alpha value is -1.83. The molecule has 2 aliphatic heterocycles. The van der Waals surface area contributed by atoms with Gasteiger partial charge in [0, 0.05) is 32.5 Å². The minimum atomic E-state index is -1.09. The maximum atomic E-state index is 12.4. The normalized spacial score (nSPS) is 26.9. The zero-order chi connectivity index (χ0) is 15.6. The van der Waals surface area contributed by atoms with Crippen LogP contribution in [0, 0.1) is 5.92 Å². The van der Waals surface area contributed by atoms with E-state index in [1.165, 1.54) is 4.90 Å². The van der Waals surface area contributed by atoms with Gasteiger partial charge in [-0.3, -0.25) is 4.79 Å². The lowest BCUT2D eigenvalue weighted by Gasteiger charge is -2.35. The number of carboxylic acids is 1. The van der Waals surface area contributed by atoms with Crippen molar-refractivity contribution in [2.24, 2.45) is 11.7 Å². The van der Waals surface area contributed by atoms with E-state index in [2.05, 4.69) is 0 Å². The molecule has 0 unspecified atom stereocenters. The number of amides is 3. The molecular formula is C13H21N3O5. The van der Waals surface area contributed by atoms with E-state index in [-0.39, 0.29) is 30.8 Å². The van der Waals surface area contributed by atoms with Gasteiger partial charge >= 0.3 is 12.0 Å². The van der Waals surface area contributed by atoms with Crippen LogP contribution in [0.2, 0.25) is 0 Å². The SMILES string of the molecule is NC(=O)CC1CCN(C(=O)N2C[C@@H](O)C[C@H]2C(=O)O)CC1. The summed E-state index contributed by atoms with van der Waals surface area (Å²) in [6, 6.07) is -1.31. The summed E-state index contributed by atoms with van der Waals surface area (Å²) < 4.78 is 0. The van der Waals surface area contributed by atoms with Crippen molar-refractivity contribution in [2.75, 3.05) is 19.6 Å². The predicted molar refractivity (Wildman–Crippen MR) is 72.3 cm³/mol. The lowest BCUT2D eigenvalue weighted by Crippen LogP contribution is -2.50. The quantitative estimate of drug-likeness (QED) is 0.630. The highest BCUT2D eigenvalue weighted by Crippen LogP contribution is 2.24. The number of aliphatic hydroxyl groups excluding tert-OH is 1. The molecule has 0 radical (unpaired) electrons. The highest BCUT2D eigenvalue weighted by Gasteiger charge is 2.41. The number of aliphatic carboxylic acids is 1. The fourth-order valence-electron chi connectivity index (χ4n) is 3.05. The number of β-amino-alcohol motifs (C(OH)–C–C–N with tert-alkyl or cyclic N) is 1. The first-order valence-electron chi connectivity index (χ1n) is 7.13. The van der Waals surface area contributed by atoms with Gasteiger partial charge in [-0.25, -0.2) is 9.59 Å². The molecule has 0 aliphatic carbocycles. The molecule has 0 aromatic carbocycles. The van der Waals surface area contributed by atoms with Crippen molar-refractivity contribution in [1.29, 1.82) is 0 Å². The third kappa shape index (κ3) is 3.63. The Morgan fingerprint density at radius 1 is 1.19 bits per heavy atom. The van der Waals surface area contributed by atoms with Crippen LogP contribution in [-0.2, 0) is 9.59 Å². The maximum absolute atomic E-state index is 12.4. The zero-order valence-corrected chi connectivity index (χ0v) is 11.8. The second-order valence-corrected chi connectivity index (χ2v) is 5.78. The second-order valence-electron chi connectivity index (χ2n) is 5.78. The van der Waals surface area contributed by atoms with Crippen molar-refractivity contribution in [3.63, 3.8) is 0 Å². The first kappa shape index (κ1) is 15.6. The largest absolute Gasteiger partial charge is 0.480 e. The molecule has 0 aromatic heterocycles. The summed E-state index contributed by atoms with van der Waals surface area (Å²) in [7, 11) is 0. The van der Waals surface area contributed by atoms with Crippen LogP contribution in [0.15, 0.2) is 0 Å². The molecule has 2 aliphatic rings. The first-order chi connectivity index (χ1) is 9.88. The Labute approximate surface area is 122 Å². The number of hydrogen-bond acceptors (Lipinski definition) is 4. The van der Waals surface area contributed by atoms with Crippen LogP contribution in [0.5, 0.6) is 0 Å². The van der Waals surface area contributed by atoms with E-state index in [0.29, 0.717) is 32.4 Å². The highest BCUT2D eigenvalue weighted by atomic mass is 16.4. The minimum Gasteiger partial charge on any atom is -0.480 e. The molecule has 2 saturated heterocycles. The summed E-state index contributed by atoms with van der Waals surface area (Å²) in [5.41, 5.74) is 5.16. The number of carbonyl (C=O) groups is 3. The number of carboxylic acid groups (broad SMARTS) is 1. The number of hydrogen-bond donors (Lipinski definition) is 3.